The molecule has 2 aromatic carbocycles. The smallest absolute Gasteiger partial charge is 0.257 e. The summed E-state index contributed by atoms with van der Waals surface area (Å²) in [4.78, 5) is 30.5. The van der Waals surface area contributed by atoms with Gasteiger partial charge in [-0.3, -0.25) is 14.5 Å². The van der Waals surface area contributed by atoms with Crippen LogP contribution in [0.5, 0.6) is 11.5 Å². The van der Waals surface area contributed by atoms with Gasteiger partial charge in [-0.25, -0.2) is 0 Å². The van der Waals surface area contributed by atoms with E-state index >= 15 is 0 Å². The summed E-state index contributed by atoms with van der Waals surface area (Å²) in [5.74, 6) is 1.67. The molecule has 0 saturated heterocycles. The van der Waals surface area contributed by atoms with Crippen LogP contribution in [0, 0.1) is 11.8 Å². The van der Waals surface area contributed by atoms with Crippen molar-refractivity contribution >= 4 is 17.5 Å². The number of benzene rings is 2. The van der Waals surface area contributed by atoms with Gasteiger partial charge in [0, 0.05) is 57.2 Å². The number of anilines is 1. The number of amides is 2. The van der Waals surface area contributed by atoms with E-state index in [9.17, 15) is 9.59 Å². The number of nitrogens with zero attached hydrogens (tertiary/aromatic N) is 2. The third-order valence-electron chi connectivity index (χ3n) is 7.36. The molecule has 1 saturated carbocycles. The first-order valence-corrected chi connectivity index (χ1v) is 13.0. The quantitative estimate of drug-likeness (QED) is 0.630. The van der Waals surface area contributed by atoms with Crippen LogP contribution >= 0.6 is 0 Å². The predicted octanol–water partition coefficient (Wildman–Crippen LogP) is 4.16. The SMILES string of the molecule is COc1cccc(C(=O)Nc2ccc3c(c2)OC[C@H](C)N(CC2CC2)C[C@@H](C)[C@H](OC)CN(C)C3=O)c1. The number of hydrogen-bond acceptors (Lipinski definition) is 6. The number of nitrogens with one attached hydrogen (secondary N) is 1. The lowest BCUT2D eigenvalue weighted by Crippen LogP contribution is -2.47. The molecule has 0 unspecified atom stereocenters. The molecule has 0 radical (unpaired) electrons. The van der Waals surface area contributed by atoms with Gasteiger partial charge >= 0.3 is 0 Å². The molecule has 1 aliphatic carbocycles. The Hall–Kier alpha value is -3.10. The monoisotopic (exact) mass is 509 g/mol. The van der Waals surface area contributed by atoms with Crippen molar-refractivity contribution in [1.82, 2.24) is 9.80 Å². The summed E-state index contributed by atoms with van der Waals surface area (Å²) in [7, 11) is 5.07. The highest BCUT2D eigenvalue weighted by molar-refractivity contribution is 6.05. The zero-order valence-electron chi connectivity index (χ0n) is 22.5. The summed E-state index contributed by atoms with van der Waals surface area (Å²) in [6.45, 7) is 7.21. The maximum Gasteiger partial charge on any atom is 0.257 e. The normalized spacial score (nSPS) is 23.3. The lowest BCUT2D eigenvalue weighted by molar-refractivity contribution is 0.00994. The molecule has 0 spiro atoms. The van der Waals surface area contributed by atoms with Crippen LogP contribution in [0.25, 0.3) is 0 Å². The third kappa shape index (κ3) is 6.81. The molecular formula is C29H39N3O5. The molecule has 3 atom stereocenters. The highest BCUT2D eigenvalue weighted by Gasteiger charge is 2.31. The second kappa shape index (κ2) is 12.0. The van der Waals surface area contributed by atoms with Gasteiger partial charge in [-0.15, -0.1) is 0 Å². The topological polar surface area (TPSA) is 80.3 Å². The van der Waals surface area contributed by atoms with Crippen molar-refractivity contribution < 1.29 is 23.8 Å². The molecule has 2 aromatic rings. The molecule has 0 aromatic heterocycles. The summed E-state index contributed by atoms with van der Waals surface area (Å²) in [5, 5.41) is 2.92. The number of likely N-dealkylation sites (N-methyl/N-ethyl adjacent to an activating group) is 1. The van der Waals surface area contributed by atoms with Crippen molar-refractivity contribution in [2.75, 3.05) is 52.8 Å². The van der Waals surface area contributed by atoms with E-state index in [4.69, 9.17) is 14.2 Å². The molecule has 1 aliphatic heterocycles. The minimum Gasteiger partial charge on any atom is -0.497 e. The van der Waals surface area contributed by atoms with Gasteiger partial charge < -0.3 is 24.4 Å². The summed E-state index contributed by atoms with van der Waals surface area (Å²) in [5.41, 5.74) is 1.50. The molecule has 8 heteroatoms. The fraction of sp³-hybridized carbons (Fsp3) is 0.517. The predicted molar refractivity (Wildman–Crippen MR) is 144 cm³/mol. The van der Waals surface area contributed by atoms with Gasteiger partial charge in [-0.1, -0.05) is 13.0 Å². The van der Waals surface area contributed by atoms with Crippen LogP contribution < -0.4 is 14.8 Å². The van der Waals surface area contributed by atoms with Crippen molar-refractivity contribution in [3.8, 4) is 11.5 Å². The van der Waals surface area contributed by atoms with E-state index in [2.05, 4.69) is 24.1 Å². The van der Waals surface area contributed by atoms with E-state index in [-0.39, 0.29) is 29.9 Å². The van der Waals surface area contributed by atoms with Gasteiger partial charge in [0.15, 0.2) is 0 Å². The molecule has 200 valence electrons. The second-order valence-electron chi connectivity index (χ2n) is 10.4. The van der Waals surface area contributed by atoms with Crippen molar-refractivity contribution in [3.05, 3.63) is 53.6 Å². The largest absolute Gasteiger partial charge is 0.497 e. The minimum atomic E-state index is -0.267. The minimum absolute atomic E-state index is 0.0759. The molecule has 2 amide bonds. The fourth-order valence-electron chi connectivity index (χ4n) is 4.78. The van der Waals surface area contributed by atoms with Gasteiger partial charge in [-0.05, 0) is 61.9 Å². The molecule has 2 aliphatic rings. The number of ether oxygens (including phenoxy) is 3. The zero-order valence-corrected chi connectivity index (χ0v) is 22.5. The highest BCUT2D eigenvalue weighted by Crippen LogP contribution is 2.32. The van der Waals surface area contributed by atoms with Gasteiger partial charge in [0.2, 0.25) is 0 Å². The average Bonchev–Trinajstić information content (AvgIpc) is 3.73. The first-order chi connectivity index (χ1) is 17.8. The maximum atomic E-state index is 13.4. The number of carbonyl (C=O) groups excluding carboxylic acids is 2. The van der Waals surface area contributed by atoms with E-state index < -0.39 is 0 Å². The molecule has 8 nitrogen and oxygen atoms in total. The number of carbonyl (C=O) groups is 2. The van der Waals surface area contributed by atoms with Crippen LogP contribution in [0.4, 0.5) is 5.69 Å². The Labute approximate surface area is 219 Å². The summed E-state index contributed by atoms with van der Waals surface area (Å²) in [6, 6.07) is 12.3. The Morgan fingerprint density at radius 2 is 1.89 bits per heavy atom. The van der Waals surface area contributed by atoms with Crippen LogP contribution in [-0.2, 0) is 4.74 Å². The number of hydrogen-bond donors (Lipinski definition) is 1. The van der Waals surface area contributed by atoms with E-state index in [0.29, 0.717) is 41.5 Å². The van der Waals surface area contributed by atoms with Crippen molar-refractivity contribution in [2.24, 2.45) is 11.8 Å². The lowest BCUT2D eigenvalue weighted by atomic mass is 10.0. The maximum absolute atomic E-state index is 13.4. The molecule has 4 rings (SSSR count). The standard InChI is InChI=1S/C29H39N3O5/c1-19-15-32(16-21-9-10-21)20(2)18-37-26-14-23(30-28(33)22-7-6-8-24(13-22)35-4)11-12-25(26)29(34)31(3)17-27(19)36-5/h6-8,11-14,19-21,27H,9-10,15-18H2,1-5H3,(H,30,33)/t19-,20+,27-/m1/s1. The third-order valence-corrected chi connectivity index (χ3v) is 7.36. The molecule has 1 fully saturated rings. The average molecular weight is 510 g/mol. The Bertz CT molecular complexity index is 1100. The first-order valence-electron chi connectivity index (χ1n) is 13.0. The molecular weight excluding hydrogens is 470 g/mol. The van der Waals surface area contributed by atoms with Crippen molar-refractivity contribution in [1.29, 1.82) is 0 Å². The first kappa shape index (κ1) is 26.9. The Balaban J connectivity index is 1.60. The van der Waals surface area contributed by atoms with Gasteiger partial charge in [-0.2, -0.15) is 0 Å². The van der Waals surface area contributed by atoms with Crippen LogP contribution in [0.3, 0.4) is 0 Å². The van der Waals surface area contributed by atoms with E-state index in [1.54, 1.807) is 68.6 Å². The highest BCUT2D eigenvalue weighted by atomic mass is 16.5. The molecule has 1 N–H and O–H groups in total. The van der Waals surface area contributed by atoms with Gasteiger partial charge in [0.1, 0.15) is 18.1 Å². The Morgan fingerprint density at radius 1 is 1.11 bits per heavy atom. The molecule has 1 heterocycles. The summed E-state index contributed by atoms with van der Waals surface area (Å²) in [6.07, 6.45) is 2.48. The summed E-state index contributed by atoms with van der Waals surface area (Å²) >= 11 is 0. The Morgan fingerprint density at radius 3 is 2.59 bits per heavy atom. The van der Waals surface area contributed by atoms with Crippen LogP contribution in [0.1, 0.15) is 47.4 Å². The van der Waals surface area contributed by atoms with Crippen LogP contribution in [0.2, 0.25) is 0 Å². The van der Waals surface area contributed by atoms with Gasteiger partial charge in [0.05, 0.1) is 18.8 Å². The van der Waals surface area contributed by atoms with E-state index in [1.807, 2.05) is 0 Å². The fourth-order valence-corrected chi connectivity index (χ4v) is 4.78. The number of rotatable bonds is 6. The molecule has 0 bridgehead atoms. The van der Waals surface area contributed by atoms with E-state index in [1.165, 1.54) is 12.8 Å². The van der Waals surface area contributed by atoms with E-state index in [0.717, 1.165) is 19.0 Å². The second-order valence-corrected chi connectivity index (χ2v) is 10.4. The lowest BCUT2D eigenvalue weighted by Gasteiger charge is -2.36. The number of methoxy groups -OCH3 is 2. The van der Waals surface area contributed by atoms with Crippen molar-refractivity contribution in [2.45, 2.75) is 38.8 Å². The Kier molecular flexibility index (Phi) is 8.71. The number of fused-ring (bicyclic) bond motifs is 1. The van der Waals surface area contributed by atoms with Gasteiger partial charge in [0.25, 0.3) is 11.8 Å². The summed E-state index contributed by atoms with van der Waals surface area (Å²) < 4.78 is 17.3. The molecule has 37 heavy (non-hydrogen) atoms. The van der Waals surface area contributed by atoms with Crippen molar-refractivity contribution in [3.63, 3.8) is 0 Å². The zero-order chi connectivity index (χ0) is 26.5. The van der Waals surface area contributed by atoms with Crippen LogP contribution in [0.15, 0.2) is 42.5 Å². The van der Waals surface area contributed by atoms with Crippen LogP contribution in [-0.4, -0.2) is 81.3 Å².